The third-order valence-electron chi connectivity index (χ3n) is 3.65. The minimum atomic E-state index is -0.577. The van der Waals surface area contributed by atoms with E-state index >= 15 is 0 Å². The summed E-state index contributed by atoms with van der Waals surface area (Å²) in [5.74, 6) is -0.519. The molecule has 130 valence electrons. The molecule has 0 aromatic heterocycles. The first kappa shape index (κ1) is 20.1. The number of benzene rings is 1. The maximum absolute atomic E-state index is 13.8. The van der Waals surface area contributed by atoms with E-state index in [1.165, 1.54) is 12.1 Å². The predicted octanol–water partition coefficient (Wildman–Crippen LogP) is 3.24. The normalized spacial score (nSPS) is 17.7. The fourth-order valence-corrected chi connectivity index (χ4v) is 2.27. The number of nitrogens with one attached hydrogen (secondary N) is 2. The molecule has 1 unspecified atom stereocenters. The minimum absolute atomic E-state index is 0. The molecule has 1 atom stereocenters. The van der Waals surface area contributed by atoms with Gasteiger partial charge in [0.2, 0.25) is 0 Å². The van der Waals surface area contributed by atoms with Gasteiger partial charge >= 0.3 is 0 Å². The molecule has 1 fully saturated rings. The molecule has 1 saturated heterocycles. The monoisotopic (exact) mass is 439 g/mol. The summed E-state index contributed by atoms with van der Waals surface area (Å²) in [6.07, 6.45) is 0. The van der Waals surface area contributed by atoms with Gasteiger partial charge < -0.3 is 15.4 Å². The van der Waals surface area contributed by atoms with Crippen molar-refractivity contribution in [2.75, 3.05) is 26.3 Å². The van der Waals surface area contributed by atoms with Crippen LogP contribution in [0.4, 0.5) is 8.78 Å². The Hall–Kier alpha value is -0.960. The Kier molecular flexibility index (Phi) is 7.66. The average Bonchev–Trinajstić information content (AvgIpc) is 2.42. The molecule has 0 saturated carbocycles. The highest BCUT2D eigenvalue weighted by molar-refractivity contribution is 14.0. The summed E-state index contributed by atoms with van der Waals surface area (Å²) in [5, 5.41) is 6.29. The summed E-state index contributed by atoms with van der Waals surface area (Å²) < 4.78 is 32.0. The van der Waals surface area contributed by atoms with E-state index < -0.39 is 11.6 Å². The lowest BCUT2D eigenvalue weighted by Gasteiger charge is -2.36. The predicted molar refractivity (Wildman–Crippen MR) is 98.2 cm³/mol. The van der Waals surface area contributed by atoms with E-state index in [0.717, 1.165) is 6.07 Å². The highest BCUT2D eigenvalue weighted by atomic mass is 127. The van der Waals surface area contributed by atoms with Crippen LogP contribution in [0, 0.1) is 17.0 Å². The van der Waals surface area contributed by atoms with Crippen LogP contribution >= 0.6 is 24.0 Å². The van der Waals surface area contributed by atoms with Crippen LogP contribution in [0.2, 0.25) is 0 Å². The van der Waals surface area contributed by atoms with Gasteiger partial charge in [-0.15, -0.1) is 24.0 Å². The molecule has 23 heavy (non-hydrogen) atoms. The molecule has 2 N–H and O–H groups in total. The third-order valence-corrected chi connectivity index (χ3v) is 3.65. The van der Waals surface area contributed by atoms with Gasteiger partial charge in [0.25, 0.3) is 0 Å². The zero-order valence-corrected chi connectivity index (χ0v) is 16.0. The van der Waals surface area contributed by atoms with Crippen LogP contribution in [-0.2, 0) is 4.74 Å². The van der Waals surface area contributed by atoms with Crippen LogP contribution in [0.5, 0.6) is 0 Å². The highest BCUT2D eigenvalue weighted by Gasteiger charge is 2.33. The number of rotatable bonds is 5. The molecule has 7 heteroatoms. The third kappa shape index (κ3) is 5.56. The number of aliphatic imine (C=N–C) groups is 1. The molecule has 0 spiro atoms. The van der Waals surface area contributed by atoms with Crippen molar-refractivity contribution in [1.29, 1.82) is 0 Å². The first-order valence-corrected chi connectivity index (χ1v) is 7.51. The van der Waals surface area contributed by atoms with E-state index in [-0.39, 0.29) is 35.4 Å². The Morgan fingerprint density at radius 1 is 1.39 bits per heavy atom. The summed E-state index contributed by atoms with van der Waals surface area (Å²) in [7, 11) is 0. The Morgan fingerprint density at radius 3 is 2.61 bits per heavy atom. The molecule has 1 aromatic carbocycles. The molecule has 0 aliphatic carbocycles. The van der Waals surface area contributed by atoms with E-state index in [1.807, 2.05) is 13.8 Å². The Balaban J connectivity index is 0.00000264. The van der Waals surface area contributed by atoms with Crippen LogP contribution in [0.1, 0.15) is 32.4 Å². The van der Waals surface area contributed by atoms with Gasteiger partial charge in [0, 0.05) is 23.6 Å². The van der Waals surface area contributed by atoms with E-state index in [9.17, 15) is 8.78 Å². The maximum Gasteiger partial charge on any atom is 0.191 e. The first-order chi connectivity index (χ1) is 10.4. The van der Waals surface area contributed by atoms with Crippen LogP contribution in [-0.4, -0.2) is 32.3 Å². The molecule has 1 aromatic rings. The number of guanidine groups is 1. The van der Waals surface area contributed by atoms with Crippen molar-refractivity contribution >= 4 is 29.9 Å². The van der Waals surface area contributed by atoms with Gasteiger partial charge in [0.1, 0.15) is 11.6 Å². The molecule has 1 aliphatic heterocycles. The quantitative estimate of drug-likeness (QED) is 0.421. The lowest BCUT2D eigenvalue weighted by molar-refractivity contribution is -0.0945. The first-order valence-electron chi connectivity index (χ1n) is 7.51. The van der Waals surface area contributed by atoms with E-state index in [0.29, 0.717) is 37.8 Å². The summed E-state index contributed by atoms with van der Waals surface area (Å²) >= 11 is 0. The van der Waals surface area contributed by atoms with Crippen LogP contribution in [0.25, 0.3) is 0 Å². The van der Waals surface area contributed by atoms with Gasteiger partial charge in [-0.2, -0.15) is 0 Å². The molecule has 4 nitrogen and oxygen atoms in total. The summed E-state index contributed by atoms with van der Waals surface area (Å²) in [6.45, 7) is 8.66. The highest BCUT2D eigenvalue weighted by Crippen LogP contribution is 2.26. The minimum Gasteiger partial charge on any atom is -0.380 e. The van der Waals surface area contributed by atoms with Crippen molar-refractivity contribution in [3.05, 3.63) is 35.4 Å². The molecule has 1 aliphatic rings. The number of halogens is 3. The SMILES string of the molecule is CCNC(=NCC1(C)COC1)NC(C)c1ccc(F)cc1F.I. The van der Waals surface area contributed by atoms with Gasteiger partial charge in [0.15, 0.2) is 5.96 Å². The van der Waals surface area contributed by atoms with Gasteiger partial charge in [0.05, 0.1) is 25.8 Å². The standard InChI is InChI=1S/C16H23F2N3O.HI/c1-4-19-15(20-8-16(3)9-22-10-16)21-11(2)13-6-5-12(17)7-14(13)18;/h5-7,11H,4,8-10H2,1-3H3,(H2,19,20,21);1H. The van der Waals surface area contributed by atoms with Crippen molar-refractivity contribution < 1.29 is 13.5 Å². The number of hydrogen-bond acceptors (Lipinski definition) is 2. The molecule has 0 amide bonds. The van der Waals surface area contributed by atoms with Crippen molar-refractivity contribution in [3.8, 4) is 0 Å². The lowest BCUT2D eigenvalue weighted by Crippen LogP contribution is -2.44. The molecule has 2 rings (SSSR count). The molecule has 1 heterocycles. The second-order valence-electron chi connectivity index (χ2n) is 6.03. The van der Waals surface area contributed by atoms with E-state index in [4.69, 9.17) is 4.74 Å². The maximum atomic E-state index is 13.8. The molecular weight excluding hydrogens is 415 g/mol. The number of hydrogen-bond donors (Lipinski definition) is 2. The fraction of sp³-hybridized carbons (Fsp3) is 0.562. The molecule has 0 bridgehead atoms. The van der Waals surface area contributed by atoms with Crippen LogP contribution in [0.15, 0.2) is 23.2 Å². The smallest absolute Gasteiger partial charge is 0.191 e. The second kappa shape index (κ2) is 8.77. The van der Waals surface area contributed by atoms with Crippen LogP contribution < -0.4 is 10.6 Å². The summed E-state index contributed by atoms with van der Waals surface area (Å²) in [4.78, 5) is 4.54. The molecular formula is C16H24F2IN3O. The van der Waals surface area contributed by atoms with Gasteiger partial charge in [-0.3, -0.25) is 4.99 Å². The Labute approximate surface area is 153 Å². The summed E-state index contributed by atoms with van der Waals surface area (Å²) in [5.41, 5.74) is 0.484. The largest absolute Gasteiger partial charge is 0.380 e. The number of nitrogens with zero attached hydrogens (tertiary/aromatic N) is 1. The molecule has 0 radical (unpaired) electrons. The summed E-state index contributed by atoms with van der Waals surface area (Å²) in [6, 6.07) is 3.29. The van der Waals surface area contributed by atoms with Crippen molar-refractivity contribution in [1.82, 2.24) is 10.6 Å². The fourth-order valence-electron chi connectivity index (χ4n) is 2.27. The van der Waals surface area contributed by atoms with Crippen molar-refractivity contribution in [2.24, 2.45) is 10.4 Å². The Bertz CT molecular complexity index is 550. The number of ether oxygens (including phenoxy) is 1. The van der Waals surface area contributed by atoms with E-state index in [1.54, 1.807) is 0 Å². The van der Waals surface area contributed by atoms with Crippen LogP contribution in [0.3, 0.4) is 0 Å². The average molecular weight is 439 g/mol. The van der Waals surface area contributed by atoms with Gasteiger partial charge in [-0.05, 0) is 19.9 Å². The van der Waals surface area contributed by atoms with Crippen molar-refractivity contribution in [3.63, 3.8) is 0 Å². The Morgan fingerprint density at radius 2 is 2.09 bits per heavy atom. The topological polar surface area (TPSA) is 45.7 Å². The zero-order chi connectivity index (χ0) is 16.2. The second-order valence-corrected chi connectivity index (χ2v) is 6.03. The zero-order valence-electron chi connectivity index (χ0n) is 13.7. The van der Waals surface area contributed by atoms with Crippen molar-refractivity contribution in [2.45, 2.75) is 26.8 Å². The van der Waals surface area contributed by atoms with E-state index in [2.05, 4.69) is 22.5 Å². The van der Waals surface area contributed by atoms with Gasteiger partial charge in [-0.1, -0.05) is 13.0 Å². The van der Waals surface area contributed by atoms with Gasteiger partial charge in [-0.25, -0.2) is 8.78 Å². The lowest BCUT2D eigenvalue weighted by atomic mass is 9.89.